The van der Waals surface area contributed by atoms with Crippen LogP contribution >= 0.6 is 11.6 Å². The molecule has 28 nitrogen and oxygen atoms in total. The summed E-state index contributed by atoms with van der Waals surface area (Å²) in [6, 6.07) is 33.8. The lowest BCUT2D eigenvalue weighted by molar-refractivity contribution is -0.274. The van der Waals surface area contributed by atoms with E-state index >= 15 is 0 Å². The number of nitrogens with zero attached hydrogens (tertiary/aromatic N) is 12. The highest BCUT2D eigenvalue weighted by atomic mass is 35.5. The van der Waals surface area contributed by atoms with Crippen molar-refractivity contribution in [2.24, 2.45) is 5.73 Å². The molecule has 137 heavy (non-hydrogen) atoms. The maximum absolute atomic E-state index is 12.9. The number of ether oxygens (including phenoxy) is 2. The van der Waals surface area contributed by atoms with Crippen LogP contribution in [-0.2, 0) is 18.5 Å². The van der Waals surface area contributed by atoms with Crippen molar-refractivity contribution in [3.63, 3.8) is 0 Å². The Kier molecular flexibility index (Phi) is 36.9. The Balaban J connectivity index is 0.000000224. The third-order valence-corrected chi connectivity index (χ3v) is 17.7. The zero-order valence-electron chi connectivity index (χ0n) is 80.8. The van der Waals surface area contributed by atoms with Crippen molar-refractivity contribution in [2.75, 3.05) is 70.9 Å². The Morgan fingerprint density at radius 3 is 1.04 bits per heavy atom. The van der Waals surface area contributed by atoms with Crippen molar-refractivity contribution in [3.05, 3.63) is 237 Å². The predicted molar refractivity (Wildman–Crippen MR) is 521 cm³/mol. The Labute approximate surface area is 794 Å². The molecule has 0 aliphatic rings. The Morgan fingerprint density at radius 2 is 0.679 bits per heavy atom. The molecule has 0 spiro atoms. The molecule has 0 aliphatic carbocycles. The Morgan fingerprint density at radius 1 is 0.343 bits per heavy atom. The predicted octanol–water partition coefficient (Wildman–Crippen LogP) is 26.2. The number of primary amides is 1. The minimum Gasteiger partial charge on any atom is -0.496 e. The highest BCUT2D eigenvalue weighted by Gasteiger charge is 2.35. The Hall–Kier alpha value is -14.1. The van der Waals surface area contributed by atoms with Crippen molar-refractivity contribution in [1.29, 1.82) is 0 Å². The van der Waals surface area contributed by atoms with Gasteiger partial charge >= 0.3 is 24.9 Å². The second-order valence-corrected chi connectivity index (χ2v) is 37.8. The second-order valence-electron chi connectivity index (χ2n) is 37.4. The summed E-state index contributed by atoms with van der Waals surface area (Å²) >= 11 is 5.63. The topological polar surface area (TPSA) is 361 Å². The third-order valence-electron chi connectivity index (χ3n) is 17.4. The highest BCUT2D eigenvalue weighted by molar-refractivity contribution is 6.31. The van der Waals surface area contributed by atoms with Gasteiger partial charge in [0, 0.05) is 150 Å². The van der Waals surface area contributed by atoms with Gasteiger partial charge in [-0.15, -0.1) is 13.2 Å². The van der Waals surface area contributed by atoms with Crippen LogP contribution < -0.4 is 79.0 Å². The van der Waals surface area contributed by atoms with E-state index in [9.17, 15) is 57.5 Å². The van der Waals surface area contributed by atoms with Crippen molar-refractivity contribution >= 4 is 122 Å². The maximum Gasteiger partial charge on any atom is 0.573 e. The van der Waals surface area contributed by atoms with Crippen LogP contribution in [-0.4, -0.2) is 112 Å². The molecule has 0 radical (unpaired) electrons. The zero-order valence-corrected chi connectivity index (χ0v) is 81.6. The number of carbonyl (C=O) groups is 1. The molecule has 14 N–H and O–H groups in total. The molecule has 0 unspecified atom stereocenters. The quantitative estimate of drug-likeness (QED) is 0.0297. The SMILES string of the molecule is COc1cccc(Nc2ccnc(NC(C)(C)C)n2)c1C.Cc1cnc(NC(C)(C)C)nc1Nc1ccc(C(F)(F)F)cc1.Cc1cnc(NC(C)(C)C)nc1Nc1ccc(Cl)c(C(F)(F)F)c1.Cc1cnc(NC(C)(C)C)nc1Nc1cccc(C(F)(F)F)c1.Cc1cnc(NC(C)(C)C)nc1Nc1cccc(C(N)=O)c1.Cc1cnc(NC(C)(C)C)nc1Nc1cccc(OC(F)(F)F)c1. The Bertz CT molecular complexity index is 6010. The first kappa shape index (κ1) is 110. The molecule has 0 aliphatic heterocycles. The largest absolute Gasteiger partial charge is 0.573 e. The third kappa shape index (κ3) is 39.4. The van der Waals surface area contributed by atoms with E-state index in [1.54, 1.807) is 95.4 Å². The van der Waals surface area contributed by atoms with Crippen LogP contribution in [0, 0.1) is 41.5 Å². The molecule has 1 amide bonds. The lowest BCUT2D eigenvalue weighted by atomic mass is 10.1. The van der Waals surface area contributed by atoms with Crippen molar-refractivity contribution in [1.82, 2.24) is 59.8 Å². The standard InChI is InChI=1S/C16H18ClF3N4.C16H19F3N4O.2C16H19F3N4.C16H21N5O.C16H22N4O/c1-9-8-21-14(24-15(2,3)4)23-13(9)22-10-5-6-12(17)11(7-10)16(18,19)20;1-10-9-20-14(23-15(2,3)4)22-13(10)21-11-6-5-7-12(8-11)24-16(17,18)19;1-10-9-20-14(23-15(2,3)4)22-13(10)21-12-7-5-11(6-8-12)16(17,18)19;1-10-9-20-14(23-15(2,3)4)22-13(10)21-12-7-5-6-11(8-12)16(17,18)19;1-10-9-18-15(21-16(2,3)4)20-14(10)19-12-7-5-6-11(8-12)13(17)22;1-11-12(7-6-8-13(11)21-5)18-14-9-10-17-15(19-14)20-16(2,3)4/h5-8H,1-4H3,(H2,21,22,23,24);5-9H,1-4H3,(H2,20,21,22,23);2*5-9H,1-4H3,(H2,20,21,22,23);5-9H,1-4H3,(H2,17,22)(H2,18,19,20,21);6-10H,1-5H3,(H2,17,18,19,20). The maximum atomic E-state index is 12.9. The number of aryl methyl sites for hydroxylation is 5. The van der Waals surface area contributed by atoms with E-state index in [-0.39, 0.29) is 49.7 Å². The number of anilines is 18. The molecule has 0 atom stereocenters. The van der Waals surface area contributed by atoms with E-state index in [1.165, 1.54) is 48.5 Å². The summed E-state index contributed by atoms with van der Waals surface area (Å²) in [7, 11) is 1.67. The van der Waals surface area contributed by atoms with Crippen LogP contribution in [0.1, 0.15) is 185 Å². The number of methoxy groups -OCH3 is 1. The normalized spacial score (nSPS) is 11.8. The zero-order chi connectivity index (χ0) is 102. The molecule has 0 saturated carbocycles. The molecule has 12 aromatic rings. The van der Waals surface area contributed by atoms with E-state index in [0.29, 0.717) is 93.0 Å². The molecule has 12 rings (SSSR count). The molecule has 736 valence electrons. The van der Waals surface area contributed by atoms with E-state index in [4.69, 9.17) is 22.1 Å². The van der Waals surface area contributed by atoms with Crippen LogP contribution in [0.3, 0.4) is 0 Å². The number of hydrogen-bond acceptors (Lipinski definition) is 27. The lowest BCUT2D eigenvalue weighted by Crippen LogP contribution is -2.27. The van der Waals surface area contributed by atoms with Gasteiger partial charge in [-0.05, 0) is 275 Å². The highest BCUT2D eigenvalue weighted by Crippen LogP contribution is 2.39. The number of alkyl halides is 12. The number of carbonyl (C=O) groups excluding carboxylic acids is 1. The van der Waals surface area contributed by atoms with Gasteiger partial charge in [-0.2, -0.15) is 69.4 Å². The van der Waals surface area contributed by atoms with Crippen molar-refractivity contribution in [3.8, 4) is 11.5 Å². The van der Waals surface area contributed by atoms with Crippen molar-refractivity contribution < 1.29 is 67.0 Å². The first-order chi connectivity index (χ1) is 63.2. The number of rotatable bonds is 21. The summed E-state index contributed by atoms with van der Waals surface area (Å²) in [5.41, 5.74) is 10.6. The molecule has 0 fully saturated rings. The lowest BCUT2D eigenvalue weighted by Gasteiger charge is -2.21. The van der Waals surface area contributed by atoms with Crippen LogP contribution in [0.2, 0.25) is 5.02 Å². The fraction of sp³-hybridized carbons (Fsp3) is 0.365. The van der Waals surface area contributed by atoms with Crippen LogP contribution in [0.15, 0.2) is 177 Å². The van der Waals surface area contributed by atoms with Crippen LogP contribution in [0.4, 0.5) is 157 Å². The average Bonchev–Trinajstić information content (AvgIpc) is 0.816. The van der Waals surface area contributed by atoms with Crippen LogP contribution in [0.5, 0.6) is 11.5 Å². The number of hydrogen-bond donors (Lipinski definition) is 13. The van der Waals surface area contributed by atoms with Gasteiger partial charge in [0.1, 0.15) is 46.4 Å². The van der Waals surface area contributed by atoms with E-state index in [2.05, 4.69) is 149 Å². The van der Waals surface area contributed by atoms with E-state index in [0.717, 1.165) is 81.1 Å². The minimum absolute atomic E-state index is 0.0789. The summed E-state index contributed by atoms with van der Waals surface area (Å²) in [5, 5.41) is 37.0. The molecular formula is C96H118ClF12N25O3. The van der Waals surface area contributed by atoms with Gasteiger partial charge in [0.05, 0.1) is 28.8 Å². The number of nitrogens with one attached hydrogen (secondary N) is 12. The smallest absolute Gasteiger partial charge is 0.496 e. The molecule has 6 aromatic carbocycles. The molecule has 0 saturated heterocycles. The summed E-state index contributed by atoms with van der Waals surface area (Å²) in [4.78, 5) is 62.8. The monoisotopic (exact) mass is 1930 g/mol. The van der Waals surface area contributed by atoms with Gasteiger partial charge in [-0.25, -0.2) is 29.9 Å². The average molecular weight is 1930 g/mol. The number of aromatic nitrogens is 12. The van der Waals surface area contributed by atoms with Gasteiger partial charge < -0.3 is 79.0 Å². The first-order valence-corrected chi connectivity index (χ1v) is 43.0. The van der Waals surface area contributed by atoms with Gasteiger partial charge in [0.2, 0.25) is 41.6 Å². The van der Waals surface area contributed by atoms with Gasteiger partial charge in [-0.3, -0.25) is 4.79 Å². The van der Waals surface area contributed by atoms with Gasteiger partial charge in [0.15, 0.2) is 0 Å². The fourth-order valence-corrected chi connectivity index (χ4v) is 11.5. The molecule has 6 heterocycles. The first-order valence-electron chi connectivity index (χ1n) is 42.6. The summed E-state index contributed by atoms with van der Waals surface area (Å²) in [6.07, 6.45) is -7.96. The van der Waals surface area contributed by atoms with E-state index < -0.39 is 47.5 Å². The number of amides is 1. The van der Waals surface area contributed by atoms with Gasteiger partial charge in [-0.1, -0.05) is 35.9 Å². The number of halogens is 13. The second kappa shape index (κ2) is 46.0. The number of benzene rings is 6. The van der Waals surface area contributed by atoms with Crippen LogP contribution in [0.25, 0.3) is 0 Å². The number of nitrogens with two attached hydrogens (primary N) is 1. The molecule has 0 bridgehead atoms. The van der Waals surface area contributed by atoms with Crippen molar-refractivity contribution in [2.45, 2.75) is 224 Å². The minimum atomic E-state index is -4.73. The summed E-state index contributed by atoms with van der Waals surface area (Å²) in [6.45, 7) is 47.1. The van der Waals surface area contributed by atoms with Gasteiger partial charge in [0.25, 0.3) is 0 Å². The fourth-order valence-electron chi connectivity index (χ4n) is 11.3. The molecule has 6 aromatic heterocycles. The summed E-state index contributed by atoms with van der Waals surface area (Å²) < 4.78 is 161. The molecule has 41 heteroatoms. The van der Waals surface area contributed by atoms with E-state index in [1.807, 2.05) is 155 Å². The summed E-state index contributed by atoms with van der Waals surface area (Å²) in [5.74, 6) is 6.29. The molecular weight excluding hydrogens is 1810 g/mol.